The first-order chi connectivity index (χ1) is 9.22. The molecule has 3 nitrogen and oxygen atoms in total. The van der Waals surface area contributed by atoms with Crippen LogP contribution in [0.4, 0.5) is 5.69 Å². The van der Waals surface area contributed by atoms with Gasteiger partial charge in [-0.05, 0) is 24.3 Å². The van der Waals surface area contributed by atoms with Crippen LogP contribution < -0.4 is 10.2 Å². The van der Waals surface area contributed by atoms with Gasteiger partial charge in [-0.1, -0.05) is 12.1 Å². The molecule has 3 aromatic rings. The average Bonchev–Trinajstić information content (AvgIpc) is 2.46. The van der Waals surface area contributed by atoms with Crippen LogP contribution in [0.5, 0.6) is 5.75 Å². The zero-order chi connectivity index (χ0) is 13.4. The predicted molar refractivity (Wildman–Crippen MR) is 78.4 cm³/mol. The molecule has 0 N–H and O–H groups in total. The first-order valence-corrected chi connectivity index (χ1v) is 6.46. The van der Waals surface area contributed by atoms with Crippen molar-refractivity contribution in [2.75, 3.05) is 7.11 Å². The number of hydrogen-bond donors (Lipinski definition) is 0. The summed E-state index contributed by atoms with van der Waals surface area (Å²) < 4.78 is 6.96. The number of ether oxygens (including phenoxy) is 1. The molecule has 0 spiro atoms. The Labute approximate surface area is 113 Å². The first kappa shape index (κ1) is 11.7. The molecular formula is C15H9NO2S. The van der Waals surface area contributed by atoms with E-state index in [-0.39, 0.29) is 5.43 Å². The number of nitrogens with zero attached hydrogens (tertiary/aromatic N) is 1. The van der Waals surface area contributed by atoms with Crippen molar-refractivity contribution in [1.29, 1.82) is 0 Å². The Morgan fingerprint density at radius 1 is 1.11 bits per heavy atom. The largest absolute Gasteiger partial charge is 0.497 e. The van der Waals surface area contributed by atoms with Crippen LogP contribution >= 0.6 is 11.3 Å². The Hall–Kier alpha value is -2.38. The Morgan fingerprint density at radius 2 is 1.95 bits per heavy atom. The predicted octanol–water partition coefficient (Wildman–Crippen LogP) is 3.97. The monoisotopic (exact) mass is 267 g/mol. The molecule has 1 heterocycles. The molecule has 0 atom stereocenters. The van der Waals surface area contributed by atoms with Crippen LogP contribution in [0.3, 0.4) is 0 Å². The average molecular weight is 267 g/mol. The zero-order valence-corrected chi connectivity index (χ0v) is 11.0. The van der Waals surface area contributed by atoms with Gasteiger partial charge in [0.25, 0.3) is 0 Å². The third kappa shape index (κ3) is 1.85. The topological polar surface area (TPSA) is 30.7 Å². The van der Waals surface area contributed by atoms with Crippen molar-refractivity contribution >= 4 is 37.2 Å². The summed E-state index contributed by atoms with van der Waals surface area (Å²) in [5.41, 5.74) is 0.460. The highest BCUT2D eigenvalue weighted by molar-refractivity contribution is 7.24. The number of hydrogen-bond acceptors (Lipinski definition) is 3. The van der Waals surface area contributed by atoms with Crippen LogP contribution in [-0.2, 0) is 0 Å². The molecule has 92 valence electrons. The molecule has 0 bridgehead atoms. The van der Waals surface area contributed by atoms with Gasteiger partial charge in [-0.2, -0.15) is 0 Å². The summed E-state index contributed by atoms with van der Waals surface area (Å²) in [6.07, 6.45) is 0. The van der Waals surface area contributed by atoms with Crippen molar-refractivity contribution in [3.05, 3.63) is 58.0 Å². The highest BCUT2D eigenvalue weighted by Crippen LogP contribution is 2.29. The summed E-state index contributed by atoms with van der Waals surface area (Å²) in [5, 5.41) is 1.27. The maximum absolute atomic E-state index is 12.4. The van der Waals surface area contributed by atoms with Crippen molar-refractivity contribution in [1.82, 2.24) is 0 Å². The van der Waals surface area contributed by atoms with Crippen molar-refractivity contribution in [3.63, 3.8) is 0 Å². The van der Waals surface area contributed by atoms with Crippen LogP contribution in [0.15, 0.2) is 41.2 Å². The molecule has 0 radical (unpaired) electrons. The summed E-state index contributed by atoms with van der Waals surface area (Å²) >= 11 is 1.53. The highest BCUT2D eigenvalue weighted by Gasteiger charge is 2.07. The minimum absolute atomic E-state index is 0.0306. The van der Waals surface area contributed by atoms with Gasteiger partial charge in [0.05, 0.1) is 13.7 Å². The molecule has 0 fully saturated rings. The van der Waals surface area contributed by atoms with E-state index in [0.29, 0.717) is 16.5 Å². The molecule has 2 aromatic carbocycles. The molecule has 0 saturated heterocycles. The fourth-order valence-electron chi connectivity index (χ4n) is 2.02. The molecule has 3 rings (SSSR count). The standard InChI is InChI=1S/C15H9NO2S/c1-16-9-3-6-13-12(7-9)15(17)11-5-4-10(18-2)8-14(11)19-13/h3-8H,2H3. The summed E-state index contributed by atoms with van der Waals surface area (Å²) in [7, 11) is 1.60. The second-order valence-electron chi connectivity index (χ2n) is 4.09. The Balaban J connectivity index is 2.45. The normalized spacial score (nSPS) is 10.5. The van der Waals surface area contributed by atoms with Gasteiger partial charge in [-0.15, -0.1) is 11.3 Å². The van der Waals surface area contributed by atoms with E-state index in [1.165, 1.54) is 11.3 Å². The Kier molecular flexibility index (Phi) is 2.69. The van der Waals surface area contributed by atoms with Crippen LogP contribution in [0.25, 0.3) is 25.0 Å². The van der Waals surface area contributed by atoms with Crippen molar-refractivity contribution in [2.24, 2.45) is 0 Å². The molecule has 0 aliphatic heterocycles. The van der Waals surface area contributed by atoms with Crippen molar-refractivity contribution in [3.8, 4) is 5.75 Å². The quantitative estimate of drug-likeness (QED) is 0.493. The number of rotatable bonds is 1. The summed E-state index contributed by atoms with van der Waals surface area (Å²) in [6.45, 7) is 7.02. The zero-order valence-electron chi connectivity index (χ0n) is 10.1. The minimum atomic E-state index is -0.0306. The van der Waals surface area contributed by atoms with Gasteiger partial charge in [0.2, 0.25) is 0 Å². The molecule has 4 heteroatoms. The fraction of sp³-hybridized carbons (Fsp3) is 0.0667. The van der Waals surface area contributed by atoms with Gasteiger partial charge in [-0.25, -0.2) is 4.85 Å². The highest BCUT2D eigenvalue weighted by atomic mass is 32.1. The number of benzene rings is 2. The Bertz CT molecular complexity index is 890. The first-order valence-electron chi connectivity index (χ1n) is 5.65. The molecule has 19 heavy (non-hydrogen) atoms. The minimum Gasteiger partial charge on any atom is -0.497 e. The van der Waals surface area contributed by atoms with E-state index < -0.39 is 0 Å². The molecule has 0 aliphatic carbocycles. The van der Waals surface area contributed by atoms with Crippen LogP contribution in [-0.4, -0.2) is 7.11 Å². The van der Waals surface area contributed by atoms with E-state index in [4.69, 9.17) is 11.3 Å². The van der Waals surface area contributed by atoms with Crippen molar-refractivity contribution < 1.29 is 4.74 Å². The number of fused-ring (bicyclic) bond motifs is 2. The second-order valence-corrected chi connectivity index (χ2v) is 5.17. The third-order valence-corrected chi connectivity index (χ3v) is 4.12. The maximum atomic E-state index is 12.4. The lowest BCUT2D eigenvalue weighted by Crippen LogP contribution is -2.00. The summed E-state index contributed by atoms with van der Waals surface area (Å²) in [6, 6.07) is 10.6. The van der Waals surface area contributed by atoms with Crippen molar-refractivity contribution in [2.45, 2.75) is 0 Å². The maximum Gasteiger partial charge on any atom is 0.194 e. The second kappa shape index (κ2) is 4.38. The lowest BCUT2D eigenvalue weighted by Gasteiger charge is -2.04. The van der Waals surface area contributed by atoms with Gasteiger partial charge in [0.1, 0.15) is 5.75 Å². The van der Waals surface area contributed by atoms with E-state index in [1.807, 2.05) is 12.1 Å². The fourth-order valence-corrected chi connectivity index (χ4v) is 3.10. The van der Waals surface area contributed by atoms with Gasteiger partial charge in [0, 0.05) is 20.2 Å². The van der Waals surface area contributed by atoms with Crippen LogP contribution in [0.2, 0.25) is 0 Å². The Morgan fingerprint density at radius 3 is 2.68 bits per heavy atom. The van der Waals surface area contributed by atoms with Gasteiger partial charge >= 0.3 is 0 Å². The van der Waals surface area contributed by atoms with E-state index in [1.54, 1.807) is 31.4 Å². The third-order valence-electron chi connectivity index (χ3n) is 2.99. The lowest BCUT2D eigenvalue weighted by atomic mass is 10.1. The van der Waals surface area contributed by atoms with Gasteiger partial charge in [0.15, 0.2) is 11.1 Å². The van der Waals surface area contributed by atoms with E-state index in [0.717, 1.165) is 15.1 Å². The molecule has 0 saturated carbocycles. The van der Waals surface area contributed by atoms with E-state index in [2.05, 4.69) is 4.85 Å². The van der Waals surface area contributed by atoms with E-state index >= 15 is 0 Å². The van der Waals surface area contributed by atoms with Gasteiger partial charge < -0.3 is 4.74 Å². The van der Waals surface area contributed by atoms with Gasteiger partial charge in [-0.3, -0.25) is 4.79 Å². The summed E-state index contributed by atoms with van der Waals surface area (Å²) in [4.78, 5) is 15.8. The smallest absolute Gasteiger partial charge is 0.194 e. The van der Waals surface area contributed by atoms with Crippen LogP contribution in [0, 0.1) is 6.57 Å². The molecular weight excluding hydrogens is 258 g/mol. The SMILES string of the molecule is [C-]#[N+]c1ccc2sc3cc(OC)ccc3c(=O)c2c1. The summed E-state index contributed by atoms with van der Waals surface area (Å²) in [5.74, 6) is 0.736. The van der Waals surface area contributed by atoms with E-state index in [9.17, 15) is 4.79 Å². The van der Waals surface area contributed by atoms with Crippen LogP contribution in [0.1, 0.15) is 0 Å². The number of methoxy groups -OCH3 is 1. The lowest BCUT2D eigenvalue weighted by molar-refractivity contribution is 0.415. The molecule has 1 aromatic heterocycles. The molecule has 0 amide bonds. The molecule has 0 unspecified atom stereocenters. The molecule has 0 aliphatic rings.